The van der Waals surface area contributed by atoms with E-state index in [1.54, 1.807) is 18.3 Å². The lowest BCUT2D eigenvalue weighted by atomic mass is 9.99. The van der Waals surface area contributed by atoms with Crippen LogP contribution in [0.5, 0.6) is 0 Å². The zero-order valence-electron chi connectivity index (χ0n) is 16.2. The van der Waals surface area contributed by atoms with Crippen LogP contribution < -0.4 is 16.0 Å². The summed E-state index contributed by atoms with van der Waals surface area (Å²) in [5.41, 5.74) is 1.45. The average Bonchev–Trinajstić information content (AvgIpc) is 2.73. The van der Waals surface area contributed by atoms with Gasteiger partial charge in [-0.3, -0.25) is 14.6 Å². The Balaban J connectivity index is 0.00000210. The van der Waals surface area contributed by atoms with Crippen LogP contribution in [0.25, 0.3) is 0 Å². The molecule has 1 saturated heterocycles. The molecule has 0 saturated carbocycles. The van der Waals surface area contributed by atoms with Crippen molar-refractivity contribution >= 4 is 36.6 Å². The van der Waals surface area contributed by atoms with Crippen LogP contribution in [0.15, 0.2) is 54.9 Å². The molecule has 1 aromatic carbocycles. The van der Waals surface area contributed by atoms with E-state index >= 15 is 0 Å². The zero-order valence-corrected chi connectivity index (χ0v) is 17.8. The minimum atomic E-state index is -0.628. The molecular weight excluding hydrogens is 411 g/mol. The lowest BCUT2D eigenvalue weighted by Gasteiger charge is -2.24. The summed E-state index contributed by atoms with van der Waals surface area (Å²) >= 11 is 0. The molecule has 29 heavy (non-hydrogen) atoms. The van der Waals surface area contributed by atoms with Gasteiger partial charge in [0.05, 0.1) is 5.56 Å². The lowest BCUT2D eigenvalue weighted by Crippen LogP contribution is -2.49. The Labute approximate surface area is 184 Å². The summed E-state index contributed by atoms with van der Waals surface area (Å²) in [5, 5.41) is 9.24. The number of carbonyl (C=O) groups excluding carboxylic acids is 2. The molecule has 6 nitrogen and oxygen atoms in total. The van der Waals surface area contributed by atoms with E-state index in [1.807, 2.05) is 30.3 Å². The summed E-state index contributed by atoms with van der Waals surface area (Å²) in [6.07, 6.45) is 5.80. The molecule has 1 aliphatic heterocycles. The molecule has 0 aliphatic carbocycles. The van der Waals surface area contributed by atoms with Gasteiger partial charge in [0.15, 0.2) is 0 Å². The van der Waals surface area contributed by atoms with Crippen molar-refractivity contribution in [3.63, 3.8) is 0 Å². The number of nitrogens with one attached hydrogen (secondary N) is 3. The molecule has 0 radical (unpaired) electrons. The van der Waals surface area contributed by atoms with Gasteiger partial charge < -0.3 is 16.0 Å². The van der Waals surface area contributed by atoms with Crippen LogP contribution in [0.4, 0.5) is 0 Å². The summed E-state index contributed by atoms with van der Waals surface area (Å²) in [6.45, 7) is 2.59. The summed E-state index contributed by atoms with van der Waals surface area (Å²) in [4.78, 5) is 29.3. The first kappa shape index (κ1) is 24.9. The maximum atomic E-state index is 12.8. The van der Waals surface area contributed by atoms with E-state index in [2.05, 4.69) is 20.9 Å². The van der Waals surface area contributed by atoms with Crippen LogP contribution in [0.3, 0.4) is 0 Å². The molecule has 2 unspecified atom stereocenters. The normalized spacial score (nSPS) is 16.5. The number of carbonyl (C=O) groups is 2. The number of halogens is 2. The highest BCUT2D eigenvalue weighted by atomic mass is 35.5. The summed E-state index contributed by atoms with van der Waals surface area (Å²) < 4.78 is 0. The predicted molar refractivity (Wildman–Crippen MR) is 119 cm³/mol. The molecule has 2 heterocycles. The fourth-order valence-corrected chi connectivity index (χ4v) is 3.26. The molecule has 0 spiro atoms. The Morgan fingerprint density at radius 2 is 1.93 bits per heavy atom. The van der Waals surface area contributed by atoms with Gasteiger partial charge in [-0.2, -0.15) is 0 Å². The third-order valence-electron chi connectivity index (χ3n) is 4.79. The Kier molecular flexibility index (Phi) is 11.3. The minimum absolute atomic E-state index is 0. The molecule has 158 valence electrons. The third kappa shape index (κ3) is 8.01. The lowest BCUT2D eigenvalue weighted by molar-refractivity contribution is -0.123. The van der Waals surface area contributed by atoms with Crippen molar-refractivity contribution in [2.45, 2.75) is 25.3 Å². The number of amides is 2. The van der Waals surface area contributed by atoms with Crippen LogP contribution in [0.1, 0.15) is 28.8 Å². The molecule has 1 aromatic heterocycles. The van der Waals surface area contributed by atoms with E-state index < -0.39 is 6.04 Å². The molecule has 1 aliphatic rings. The highest BCUT2D eigenvalue weighted by Crippen LogP contribution is 2.09. The minimum Gasteiger partial charge on any atom is -0.354 e. The Morgan fingerprint density at radius 1 is 1.14 bits per heavy atom. The van der Waals surface area contributed by atoms with Crippen molar-refractivity contribution in [2.75, 3.05) is 19.6 Å². The first-order valence-electron chi connectivity index (χ1n) is 9.45. The number of piperidine rings is 1. The van der Waals surface area contributed by atoms with Gasteiger partial charge >= 0.3 is 0 Å². The molecule has 3 N–H and O–H groups in total. The van der Waals surface area contributed by atoms with Gasteiger partial charge in [0.2, 0.25) is 5.91 Å². The third-order valence-corrected chi connectivity index (χ3v) is 4.79. The molecule has 3 rings (SSSR count). The topological polar surface area (TPSA) is 83.1 Å². The standard InChI is InChI=1S/C21H26N4O2.2ClH/c26-20(18-9-5-11-23-15-18)25-19(12-16-6-2-1-3-7-16)21(27)24-14-17-8-4-10-22-13-17;;/h1-3,5-7,9,11,15,17,19,22H,4,8,10,12-14H2,(H,24,27)(H,25,26);2*1H. The second kappa shape index (κ2) is 13.1. The summed E-state index contributed by atoms with van der Waals surface area (Å²) in [6, 6.07) is 12.5. The highest BCUT2D eigenvalue weighted by Gasteiger charge is 2.23. The fraction of sp³-hybridized carbons (Fsp3) is 0.381. The van der Waals surface area contributed by atoms with Crippen molar-refractivity contribution in [1.82, 2.24) is 20.9 Å². The number of hydrogen-bond acceptors (Lipinski definition) is 4. The fourth-order valence-electron chi connectivity index (χ4n) is 3.26. The van der Waals surface area contributed by atoms with Crippen molar-refractivity contribution in [3.05, 3.63) is 66.0 Å². The number of rotatable bonds is 7. The number of benzene rings is 1. The molecular formula is C21H28Cl2N4O2. The van der Waals surface area contributed by atoms with Crippen LogP contribution in [0.2, 0.25) is 0 Å². The zero-order chi connectivity index (χ0) is 18.9. The summed E-state index contributed by atoms with van der Waals surface area (Å²) in [7, 11) is 0. The van der Waals surface area contributed by atoms with Crippen molar-refractivity contribution in [1.29, 1.82) is 0 Å². The number of nitrogens with zero attached hydrogens (tertiary/aromatic N) is 1. The molecule has 2 aromatic rings. The summed E-state index contributed by atoms with van der Waals surface area (Å²) in [5.74, 6) is -0.00530. The number of aromatic nitrogens is 1. The molecule has 2 amide bonds. The van der Waals surface area contributed by atoms with Gasteiger partial charge in [-0.1, -0.05) is 30.3 Å². The molecule has 1 fully saturated rings. The van der Waals surface area contributed by atoms with Crippen molar-refractivity contribution in [3.8, 4) is 0 Å². The second-order valence-corrected chi connectivity index (χ2v) is 6.92. The average molecular weight is 439 g/mol. The van der Waals surface area contributed by atoms with Crippen LogP contribution in [-0.2, 0) is 11.2 Å². The van der Waals surface area contributed by atoms with Gasteiger partial charge in [0.1, 0.15) is 6.04 Å². The van der Waals surface area contributed by atoms with Crippen molar-refractivity contribution in [2.24, 2.45) is 5.92 Å². The van der Waals surface area contributed by atoms with E-state index in [9.17, 15) is 9.59 Å². The van der Waals surface area contributed by atoms with Gasteiger partial charge in [-0.15, -0.1) is 24.8 Å². The second-order valence-electron chi connectivity index (χ2n) is 6.92. The van der Waals surface area contributed by atoms with Gasteiger partial charge in [0.25, 0.3) is 5.91 Å². The van der Waals surface area contributed by atoms with E-state index in [0.717, 1.165) is 31.5 Å². The van der Waals surface area contributed by atoms with E-state index in [4.69, 9.17) is 0 Å². The predicted octanol–water partition coefficient (Wildman–Crippen LogP) is 2.38. The molecule has 2 atom stereocenters. The quantitative estimate of drug-likeness (QED) is 0.619. The number of pyridine rings is 1. The SMILES string of the molecule is Cl.Cl.O=C(NC(Cc1ccccc1)C(=O)NCC1CCCNC1)c1cccnc1. The first-order chi connectivity index (χ1) is 13.2. The van der Waals surface area contributed by atoms with E-state index in [-0.39, 0.29) is 36.6 Å². The van der Waals surface area contributed by atoms with Crippen LogP contribution in [0, 0.1) is 5.92 Å². The maximum absolute atomic E-state index is 12.8. The van der Waals surface area contributed by atoms with Gasteiger partial charge in [-0.05, 0) is 49.5 Å². The monoisotopic (exact) mass is 438 g/mol. The van der Waals surface area contributed by atoms with Gasteiger partial charge in [0, 0.05) is 25.4 Å². The first-order valence-corrected chi connectivity index (χ1v) is 9.45. The smallest absolute Gasteiger partial charge is 0.253 e. The van der Waals surface area contributed by atoms with Gasteiger partial charge in [-0.25, -0.2) is 0 Å². The highest BCUT2D eigenvalue weighted by molar-refractivity contribution is 5.97. The Bertz CT molecular complexity index is 741. The Hall–Kier alpha value is -2.15. The van der Waals surface area contributed by atoms with E-state index in [0.29, 0.717) is 24.4 Å². The van der Waals surface area contributed by atoms with Crippen molar-refractivity contribution < 1.29 is 9.59 Å². The van der Waals surface area contributed by atoms with Crippen LogP contribution in [-0.4, -0.2) is 42.5 Å². The largest absolute Gasteiger partial charge is 0.354 e. The number of hydrogen-bond donors (Lipinski definition) is 3. The molecule has 8 heteroatoms. The molecule has 0 bridgehead atoms. The van der Waals surface area contributed by atoms with E-state index in [1.165, 1.54) is 6.20 Å². The maximum Gasteiger partial charge on any atom is 0.253 e. The Morgan fingerprint density at radius 3 is 2.59 bits per heavy atom. The van der Waals surface area contributed by atoms with Crippen LogP contribution >= 0.6 is 24.8 Å².